The number of rotatable bonds is 9. The number of thiazole rings is 1. The molecule has 1 aliphatic heterocycles. The van der Waals surface area contributed by atoms with Crippen LogP contribution in [0.5, 0.6) is 0 Å². The van der Waals surface area contributed by atoms with E-state index in [9.17, 15) is 13.2 Å². The van der Waals surface area contributed by atoms with Crippen LogP contribution in [-0.4, -0.2) is 43.2 Å². The first-order valence-electron chi connectivity index (χ1n) is 11.8. The van der Waals surface area contributed by atoms with E-state index < -0.39 is 10.0 Å². The summed E-state index contributed by atoms with van der Waals surface area (Å²) in [5.74, 6) is -0.159. The molecule has 0 bridgehead atoms. The van der Waals surface area contributed by atoms with Gasteiger partial charge in [-0.1, -0.05) is 55.8 Å². The number of benzene rings is 2. The van der Waals surface area contributed by atoms with Crippen LogP contribution < -0.4 is 5.32 Å². The number of aromatic nitrogens is 1. The Morgan fingerprint density at radius 1 is 1.06 bits per heavy atom. The Morgan fingerprint density at radius 2 is 1.76 bits per heavy atom. The van der Waals surface area contributed by atoms with Crippen molar-refractivity contribution >= 4 is 27.3 Å². The molecule has 4 rings (SSSR count). The number of nitrogens with one attached hydrogen (secondary N) is 1. The fraction of sp³-hybridized carbons (Fsp3) is 0.385. The Hall–Kier alpha value is -2.55. The molecule has 180 valence electrons. The lowest BCUT2D eigenvalue weighted by Gasteiger charge is -2.30. The summed E-state index contributed by atoms with van der Waals surface area (Å²) < 4.78 is 27.5. The van der Waals surface area contributed by atoms with Gasteiger partial charge in [-0.2, -0.15) is 4.31 Å². The van der Waals surface area contributed by atoms with Crippen molar-refractivity contribution in [3.8, 4) is 10.6 Å². The molecule has 1 aromatic heterocycles. The summed E-state index contributed by atoms with van der Waals surface area (Å²) in [6, 6.07) is 17.2. The topological polar surface area (TPSA) is 79.4 Å². The van der Waals surface area contributed by atoms with E-state index >= 15 is 0 Å². The van der Waals surface area contributed by atoms with Gasteiger partial charge in [0.2, 0.25) is 15.9 Å². The minimum Gasteiger partial charge on any atom is -0.355 e. The van der Waals surface area contributed by atoms with E-state index in [0.29, 0.717) is 43.8 Å². The highest BCUT2D eigenvalue weighted by molar-refractivity contribution is 7.89. The highest BCUT2D eigenvalue weighted by atomic mass is 32.2. The van der Waals surface area contributed by atoms with Crippen LogP contribution >= 0.6 is 11.3 Å². The fourth-order valence-electron chi connectivity index (χ4n) is 4.22. The largest absolute Gasteiger partial charge is 0.355 e. The average molecular weight is 498 g/mol. The lowest BCUT2D eigenvalue weighted by Crippen LogP contribution is -2.43. The predicted molar refractivity (Wildman–Crippen MR) is 136 cm³/mol. The lowest BCUT2D eigenvalue weighted by atomic mass is 9.97. The second-order valence-electron chi connectivity index (χ2n) is 8.62. The summed E-state index contributed by atoms with van der Waals surface area (Å²) in [5.41, 5.74) is 3.21. The first-order chi connectivity index (χ1) is 16.5. The van der Waals surface area contributed by atoms with E-state index in [4.69, 9.17) is 0 Å². The van der Waals surface area contributed by atoms with Gasteiger partial charge in [-0.15, -0.1) is 11.3 Å². The molecule has 1 aliphatic rings. The number of carbonyl (C=O) groups is 1. The first-order valence-corrected chi connectivity index (χ1v) is 14.2. The van der Waals surface area contributed by atoms with Crippen LogP contribution in [-0.2, 0) is 27.7 Å². The number of carbonyl (C=O) groups excluding carboxylic acids is 1. The number of amides is 1. The second kappa shape index (κ2) is 11.3. The highest BCUT2D eigenvalue weighted by Gasteiger charge is 2.32. The van der Waals surface area contributed by atoms with Gasteiger partial charge in [-0.05, 0) is 37.0 Å². The third kappa shape index (κ3) is 5.92. The monoisotopic (exact) mass is 497 g/mol. The number of hydrogen-bond donors (Lipinski definition) is 1. The maximum atomic E-state index is 13.0. The third-order valence-corrected chi connectivity index (χ3v) is 9.03. The summed E-state index contributed by atoms with van der Waals surface area (Å²) >= 11 is 1.61. The van der Waals surface area contributed by atoms with E-state index in [1.54, 1.807) is 23.5 Å². The number of nitrogens with zero attached hydrogens (tertiary/aromatic N) is 2. The van der Waals surface area contributed by atoms with E-state index in [1.807, 2.05) is 47.8 Å². The molecule has 1 N–H and O–H groups in total. The van der Waals surface area contributed by atoms with E-state index in [2.05, 4.69) is 17.2 Å². The summed E-state index contributed by atoms with van der Waals surface area (Å²) in [5, 5.41) is 6.03. The second-order valence-corrected chi connectivity index (χ2v) is 11.4. The third-order valence-electron chi connectivity index (χ3n) is 6.18. The van der Waals surface area contributed by atoms with Crippen molar-refractivity contribution in [2.75, 3.05) is 19.6 Å². The normalized spacial score (nSPS) is 15.3. The zero-order chi connectivity index (χ0) is 24.0. The van der Waals surface area contributed by atoms with Crippen molar-refractivity contribution in [1.82, 2.24) is 14.6 Å². The smallest absolute Gasteiger partial charge is 0.243 e. The van der Waals surface area contributed by atoms with Crippen LogP contribution in [0.2, 0.25) is 0 Å². The molecular weight excluding hydrogens is 466 g/mol. The van der Waals surface area contributed by atoms with Crippen LogP contribution in [0.4, 0.5) is 0 Å². The van der Waals surface area contributed by atoms with Crippen LogP contribution in [0, 0.1) is 5.92 Å². The molecule has 0 radical (unpaired) electrons. The van der Waals surface area contributed by atoms with Crippen molar-refractivity contribution in [2.45, 2.75) is 43.9 Å². The molecule has 2 aromatic carbocycles. The van der Waals surface area contributed by atoms with Crippen LogP contribution in [0.15, 0.2) is 64.9 Å². The minimum atomic E-state index is -3.52. The van der Waals surface area contributed by atoms with Crippen molar-refractivity contribution in [3.05, 3.63) is 71.2 Å². The lowest BCUT2D eigenvalue weighted by molar-refractivity contribution is -0.126. The maximum absolute atomic E-state index is 13.0. The van der Waals surface area contributed by atoms with Gasteiger partial charge in [0.05, 0.1) is 10.6 Å². The molecule has 0 unspecified atom stereocenters. The van der Waals surface area contributed by atoms with Crippen molar-refractivity contribution in [3.63, 3.8) is 0 Å². The number of hydrogen-bond acceptors (Lipinski definition) is 5. The van der Waals surface area contributed by atoms with Gasteiger partial charge in [-0.25, -0.2) is 13.4 Å². The molecule has 34 heavy (non-hydrogen) atoms. The summed E-state index contributed by atoms with van der Waals surface area (Å²) in [6.07, 6.45) is 3.72. The summed E-state index contributed by atoms with van der Waals surface area (Å²) in [4.78, 5) is 17.6. The minimum absolute atomic E-state index is 0.000482. The van der Waals surface area contributed by atoms with Gasteiger partial charge in [0.25, 0.3) is 0 Å². The molecular formula is C26H31N3O3S2. The molecule has 6 nitrogen and oxygen atoms in total. The number of piperidine rings is 1. The highest BCUT2D eigenvalue weighted by Crippen LogP contribution is 2.25. The molecule has 0 atom stereocenters. The Kier molecular flexibility index (Phi) is 8.13. The Bertz CT molecular complexity index is 1180. The predicted octanol–water partition coefficient (Wildman–Crippen LogP) is 4.52. The van der Waals surface area contributed by atoms with Crippen molar-refractivity contribution < 1.29 is 13.2 Å². The van der Waals surface area contributed by atoms with Gasteiger partial charge < -0.3 is 5.32 Å². The van der Waals surface area contributed by atoms with Crippen molar-refractivity contribution in [1.29, 1.82) is 0 Å². The van der Waals surface area contributed by atoms with E-state index in [-0.39, 0.29) is 11.8 Å². The Labute approximate surface area is 206 Å². The van der Waals surface area contributed by atoms with Crippen molar-refractivity contribution in [2.24, 2.45) is 5.92 Å². The zero-order valence-corrected chi connectivity index (χ0v) is 21.1. The Morgan fingerprint density at radius 3 is 2.44 bits per heavy atom. The number of sulfonamides is 1. The average Bonchev–Trinajstić information content (AvgIpc) is 3.34. The van der Waals surface area contributed by atoms with E-state index in [1.165, 1.54) is 4.31 Å². The first kappa shape index (κ1) is 24.6. The molecule has 1 fully saturated rings. The van der Waals surface area contributed by atoms with Crippen LogP contribution in [0.25, 0.3) is 10.6 Å². The van der Waals surface area contributed by atoms with E-state index in [0.717, 1.165) is 34.7 Å². The van der Waals surface area contributed by atoms with Gasteiger partial charge in [0, 0.05) is 42.9 Å². The summed E-state index contributed by atoms with van der Waals surface area (Å²) in [7, 11) is -3.52. The zero-order valence-electron chi connectivity index (χ0n) is 19.4. The van der Waals surface area contributed by atoms with Gasteiger partial charge >= 0.3 is 0 Å². The number of aryl methyl sites for hydroxylation is 1. The van der Waals surface area contributed by atoms with Gasteiger partial charge in [-0.3, -0.25) is 4.79 Å². The Balaban J connectivity index is 1.24. The molecule has 8 heteroatoms. The quantitative estimate of drug-likeness (QED) is 0.471. The molecule has 2 heterocycles. The standard InChI is InChI=1S/C26H31N3O3S2/c1-2-6-20-9-11-24(12-10-20)34(31,32)29-17-14-21(15-18-29)25(30)27-16-13-23-19-33-26(28-23)22-7-4-3-5-8-22/h3-5,7-12,19,21H,2,6,13-18H2,1H3,(H,27,30). The molecule has 1 saturated heterocycles. The molecule has 1 amide bonds. The maximum Gasteiger partial charge on any atom is 0.243 e. The van der Waals surface area contributed by atoms with Gasteiger partial charge in [0.15, 0.2) is 0 Å². The summed E-state index contributed by atoms with van der Waals surface area (Å²) in [6.45, 7) is 3.36. The van der Waals surface area contributed by atoms with Crippen LogP contribution in [0.3, 0.4) is 0 Å². The fourth-order valence-corrected chi connectivity index (χ4v) is 6.55. The molecule has 0 saturated carbocycles. The van der Waals surface area contributed by atoms with Gasteiger partial charge in [0.1, 0.15) is 5.01 Å². The SMILES string of the molecule is CCCc1ccc(S(=O)(=O)N2CCC(C(=O)NCCc3csc(-c4ccccc4)n3)CC2)cc1. The molecule has 0 spiro atoms. The van der Waals surface area contributed by atoms with Crippen LogP contribution in [0.1, 0.15) is 37.4 Å². The molecule has 0 aliphatic carbocycles. The molecule has 3 aromatic rings.